The second kappa shape index (κ2) is 4.48. The highest BCUT2D eigenvalue weighted by molar-refractivity contribution is 7.91. The van der Waals surface area contributed by atoms with Crippen molar-refractivity contribution in [3.8, 4) is 0 Å². The number of sulfone groups is 1. The first kappa shape index (κ1) is 15.4. The van der Waals surface area contributed by atoms with Crippen LogP contribution in [-0.4, -0.2) is 46.0 Å². The second-order valence-corrected chi connectivity index (χ2v) is 9.21. The summed E-state index contributed by atoms with van der Waals surface area (Å²) in [7, 11) is -7.69. The van der Waals surface area contributed by atoms with E-state index in [2.05, 4.69) is 0 Å². The quantitative estimate of drug-likeness (QED) is 0.787. The Balaban J connectivity index is 2.48. The van der Waals surface area contributed by atoms with E-state index in [4.69, 9.17) is 5.73 Å². The maximum absolute atomic E-state index is 13.7. The van der Waals surface area contributed by atoms with Gasteiger partial charge in [0.05, 0.1) is 4.90 Å². The standard InChI is InChI=1S/C11H15FN2O4S2/c1-11(13)6-14(7-11)20(17,18)10-5-8(19(2,15)16)3-4-9(10)12/h3-5H,6-7,13H2,1-2H3. The minimum absolute atomic E-state index is 0.0673. The summed E-state index contributed by atoms with van der Waals surface area (Å²) in [6, 6.07) is 2.71. The molecule has 1 aromatic rings. The normalized spacial score (nSPS) is 19.6. The highest BCUT2D eigenvalue weighted by Gasteiger charge is 2.43. The van der Waals surface area contributed by atoms with Crippen molar-refractivity contribution in [2.24, 2.45) is 5.73 Å². The van der Waals surface area contributed by atoms with Gasteiger partial charge in [0.2, 0.25) is 10.0 Å². The Morgan fingerprint density at radius 2 is 1.80 bits per heavy atom. The lowest BCUT2D eigenvalue weighted by Crippen LogP contribution is -2.66. The minimum Gasteiger partial charge on any atom is -0.323 e. The molecule has 0 saturated carbocycles. The fraction of sp³-hybridized carbons (Fsp3) is 0.455. The molecule has 20 heavy (non-hydrogen) atoms. The molecule has 2 rings (SSSR count). The van der Waals surface area contributed by atoms with Crippen LogP contribution in [0.4, 0.5) is 4.39 Å². The van der Waals surface area contributed by atoms with Crippen molar-refractivity contribution >= 4 is 19.9 Å². The molecule has 1 fully saturated rings. The molecular weight excluding hydrogens is 307 g/mol. The predicted octanol–water partition coefficient (Wildman–Crippen LogP) is -0.0491. The smallest absolute Gasteiger partial charge is 0.246 e. The van der Waals surface area contributed by atoms with Gasteiger partial charge in [0.25, 0.3) is 0 Å². The summed E-state index contributed by atoms with van der Waals surface area (Å²) in [6.45, 7) is 1.82. The van der Waals surface area contributed by atoms with Crippen molar-refractivity contribution in [2.75, 3.05) is 19.3 Å². The fourth-order valence-corrected chi connectivity index (χ4v) is 4.50. The SMILES string of the molecule is CC1(N)CN(S(=O)(=O)c2cc(S(C)(=O)=O)ccc2F)C1. The fourth-order valence-electron chi connectivity index (χ4n) is 1.98. The number of nitrogens with two attached hydrogens (primary N) is 1. The highest BCUT2D eigenvalue weighted by atomic mass is 32.2. The van der Waals surface area contributed by atoms with Gasteiger partial charge < -0.3 is 5.73 Å². The van der Waals surface area contributed by atoms with E-state index in [1.165, 1.54) is 0 Å². The lowest BCUT2D eigenvalue weighted by molar-refractivity contribution is 0.176. The molecule has 1 saturated heterocycles. The van der Waals surface area contributed by atoms with E-state index in [1.807, 2.05) is 0 Å². The molecule has 1 heterocycles. The van der Waals surface area contributed by atoms with Crippen molar-refractivity contribution in [1.82, 2.24) is 4.31 Å². The lowest BCUT2D eigenvalue weighted by Gasteiger charge is -2.44. The summed E-state index contributed by atoms with van der Waals surface area (Å²) >= 11 is 0. The van der Waals surface area contributed by atoms with E-state index in [9.17, 15) is 21.2 Å². The van der Waals surface area contributed by atoms with Gasteiger partial charge in [-0.1, -0.05) is 0 Å². The minimum atomic E-state index is -4.07. The molecule has 0 amide bonds. The van der Waals surface area contributed by atoms with Crippen molar-refractivity contribution in [3.05, 3.63) is 24.0 Å². The molecule has 0 spiro atoms. The molecule has 0 aliphatic carbocycles. The Morgan fingerprint density at radius 1 is 1.25 bits per heavy atom. The molecular formula is C11H15FN2O4S2. The van der Waals surface area contributed by atoms with Crippen LogP contribution in [-0.2, 0) is 19.9 Å². The third kappa shape index (κ3) is 2.71. The maximum Gasteiger partial charge on any atom is 0.246 e. The topological polar surface area (TPSA) is 97.5 Å². The molecule has 0 radical (unpaired) electrons. The first-order chi connectivity index (χ1) is 8.93. The van der Waals surface area contributed by atoms with Crippen LogP contribution >= 0.6 is 0 Å². The van der Waals surface area contributed by atoms with Crippen molar-refractivity contribution < 1.29 is 21.2 Å². The average molecular weight is 322 g/mol. The molecule has 1 aliphatic rings. The van der Waals surface area contributed by atoms with E-state index < -0.39 is 36.1 Å². The molecule has 1 aliphatic heterocycles. The second-order valence-electron chi connectivity index (χ2n) is 5.29. The number of rotatable bonds is 3. The van der Waals surface area contributed by atoms with Crippen LogP contribution in [0, 0.1) is 5.82 Å². The van der Waals surface area contributed by atoms with Gasteiger partial charge in [0.1, 0.15) is 10.7 Å². The zero-order chi connectivity index (χ0) is 15.3. The molecule has 0 aromatic heterocycles. The van der Waals surface area contributed by atoms with Gasteiger partial charge in [-0.25, -0.2) is 21.2 Å². The van der Waals surface area contributed by atoms with Crippen LogP contribution in [0.25, 0.3) is 0 Å². The summed E-state index contributed by atoms with van der Waals surface area (Å²) in [4.78, 5) is -0.885. The molecule has 0 unspecified atom stereocenters. The van der Waals surface area contributed by atoms with Gasteiger partial charge in [-0.2, -0.15) is 4.31 Å². The Morgan fingerprint density at radius 3 is 2.25 bits per heavy atom. The van der Waals surface area contributed by atoms with Crippen LogP contribution in [0.3, 0.4) is 0 Å². The molecule has 1 aromatic carbocycles. The van der Waals surface area contributed by atoms with Gasteiger partial charge in [0.15, 0.2) is 9.84 Å². The summed E-state index contributed by atoms with van der Waals surface area (Å²) < 4.78 is 62.1. The number of hydrogen-bond donors (Lipinski definition) is 1. The molecule has 0 atom stereocenters. The molecule has 2 N–H and O–H groups in total. The predicted molar refractivity (Wildman–Crippen MR) is 70.9 cm³/mol. The number of halogens is 1. The first-order valence-electron chi connectivity index (χ1n) is 5.72. The van der Waals surface area contributed by atoms with Crippen LogP contribution < -0.4 is 5.73 Å². The van der Waals surface area contributed by atoms with Crippen LogP contribution in [0.1, 0.15) is 6.92 Å². The maximum atomic E-state index is 13.7. The van der Waals surface area contributed by atoms with Gasteiger partial charge in [-0.05, 0) is 25.1 Å². The van der Waals surface area contributed by atoms with Crippen LogP contribution in [0.5, 0.6) is 0 Å². The lowest BCUT2D eigenvalue weighted by atomic mass is 9.97. The van der Waals surface area contributed by atoms with Crippen molar-refractivity contribution in [3.63, 3.8) is 0 Å². The third-order valence-corrected chi connectivity index (χ3v) is 5.94. The van der Waals surface area contributed by atoms with E-state index in [0.717, 1.165) is 28.8 Å². The summed E-state index contributed by atoms with van der Waals surface area (Å²) in [6.07, 6.45) is 0.928. The summed E-state index contributed by atoms with van der Waals surface area (Å²) in [5.41, 5.74) is 5.09. The van der Waals surface area contributed by atoms with Crippen LogP contribution in [0.15, 0.2) is 28.0 Å². The Hall–Kier alpha value is -1.03. The van der Waals surface area contributed by atoms with Gasteiger partial charge in [-0.3, -0.25) is 0 Å². The molecule has 112 valence electrons. The monoisotopic (exact) mass is 322 g/mol. The van der Waals surface area contributed by atoms with Gasteiger partial charge in [-0.15, -0.1) is 0 Å². The van der Waals surface area contributed by atoms with Gasteiger partial charge in [0, 0.05) is 24.9 Å². The number of hydrogen-bond acceptors (Lipinski definition) is 5. The molecule has 6 nitrogen and oxygen atoms in total. The van der Waals surface area contributed by atoms with E-state index in [0.29, 0.717) is 0 Å². The number of benzene rings is 1. The number of sulfonamides is 1. The highest BCUT2D eigenvalue weighted by Crippen LogP contribution is 2.29. The van der Waals surface area contributed by atoms with E-state index in [1.54, 1.807) is 6.92 Å². The Labute approximate surface area is 117 Å². The van der Waals surface area contributed by atoms with Crippen molar-refractivity contribution in [2.45, 2.75) is 22.3 Å². The zero-order valence-electron chi connectivity index (χ0n) is 11.0. The molecule has 0 bridgehead atoms. The van der Waals surface area contributed by atoms with Crippen LogP contribution in [0.2, 0.25) is 0 Å². The first-order valence-corrected chi connectivity index (χ1v) is 9.05. The van der Waals surface area contributed by atoms with E-state index >= 15 is 0 Å². The summed E-state index contributed by atoms with van der Waals surface area (Å²) in [5, 5.41) is 0. The molecule has 9 heteroatoms. The average Bonchev–Trinajstić information content (AvgIpc) is 2.24. The largest absolute Gasteiger partial charge is 0.323 e. The Kier molecular flexibility index (Phi) is 3.44. The number of nitrogens with zero attached hydrogens (tertiary/aromatic N) is 1. The van der Waals surface area contributed by atoms with Crippen molar-refractivity contribution in [1.29, 1.82) is 0 Å². The Bertz CT molecular complexity index is 749. The van der Waals surface area contributed by atoms with E-state index in [-0.39, 0.29) is 18.0 Å². The summed E-state index contributed by atoms with van der Waals surface area (Å²) in [5.74, 6) is -0.983. The zero-order valence-corrected chi connectivity index (χ0v) is 12.6. The third-order valence-electron chi connectivity index (χ3n) is 3.02. The van der Waals surface area contributed by atoms with Gasteiger partial charge >= 0.3 is 0 Å².